The lowest BCUT2D eigenvalue weighted by Gasteiger charge is -2.24. The first-order chi connectivity index (χ1) is 13.9. The molecule has 0 heterocycles. The lowest BCUT2D eigenvalue weighted by molar-refractivity contribution is -0.121. The van der Waals surface area contributed by atoms with Gasteiger partial charge in [-0.25, -0.2) is 13.2 Å². The van der Waals surface area contributed by atoms with Crippen LogP contribution in [0.3, 0.4) is 0 Å². The number of nitrogens with one attached hydrogen (secondary N) is 2. The lowest BCUT2D eigenvalue weighted by Crippen LogP contribution is -2.39. The molecule has 2 aromatic carbocycles. The van der Waals surface area contributed by atoms with Gasteiger partial charge in [0.1, 0.15) is 5.82 Å². The quantitative estimate of drug-likeness (QED) is 0.438. The summed E-state index contributed by atoms with van der Waals surface area (Å²) in [4.78, 5) is 12.3. The topological polar surface area (TPSA) is 50.4 Å². The van der Waals surface area contributed by atoms with E-state index in [9.17, 15) is 18.0 Å². The van der Waals surface area contributed by atoms with Gasteiger partial charge < -0.3 is 15.4 Å². The van der Waals surface area contributed by atoms with Gasteiger partial charge in [0.2, 0.25) is 5.91 Å². The molecule has 0 aliphatic heterocycles. The lowest BCUT2D eigenvalue weighted by atomic mass is 9.99. The van der Waals surface area contributed by atoms with Gasteiger partial charge >= 0.3 is 0 Å². The Balaban J connectivity index is 2.10. The van der Waals surface area contributed by atoms with Crippen molar-refractivity contribution in [3.63, 3.8) is 0 Å². The van der Waals surface area contributed by atoms with Crippen molar-refractivity contribution in [1.29, 1.82) is 0 Å². The van der Waals surface area contributed by atoms with Crippen molar-refractivity contribution in [3.8, 4) is 0 Å². The molecule has 2 aromatic rings. The van der Waals surface area contributed by atoms with E-state index < -0.39 is 23.5 Å². The van der Waals surface area contributed by atoms with Crippen molar-refractivity contribution in [2.24, 2.45) is 0 Å². The summed E-state index contributed by atoms with van der Waals surface area (Å²) in [6.07, 6.45) is 0.0980. The van der Waals surface area contributed by atoms with Crippen molar-refractivity contribution >= 4 is 5.91 Å². The molecule has 0 unspecified atom stereocenters. The van der Waals surface area contributed by atoms with Crippen molar-refractivity contribution < 1.29 is 22.7 Å². The number of benzene rings is 2. The van der Waals surface area contributed by atoms with Gasteiger partial charge in [-0.05, 0) is 37.5 Å². The molecule has 4 nitrogen and oxygen atoms in total. The Labute approximate surface area is 169 Å². The zero-order chi connectivity index (χ0) is 21.2. The molecule has 0 radical (unpaired) electrons. The molecule has 0 fully saturated rings. The fraction of sp³-hybridized carbons (Fsp3) is 0.409. The Kier molecular flexibility index (Phi) is 9.15. The number of rotatable bonds is 11. The second kappa shape index (κ2) is 11.6. The zero-order valence-electron chi connectivity index (χ0n) is 16.7. The van der Waals surface area contributed by atoms with Crippen LogP contribution in [0.25, 0.3) is 0 Å². The molecule has 0 saturated carbocycles. The summed E-state index contributed by atoms with van der Waals surface area (Å²) in [7, 11) is 0. The Morgan fingerprint density at radius 1 is 1.07 bits per heavy atom. The first-order valence-electron chi connectivity index (χ1n) is 9.69. The maximum absolute atomic E-state index is 14.1. The third-order valence-electron chi connectivity index (χ3n) is 4.55. The minimum Gasteiger partial charge on any atom is -0.380 e. The van der Waals surface area contributed by atoms with Crippen molar-refractivity contribution in [2.45, 2.75) is 38.8 Å². The smallest absolute Gasteiger partial charge is 0.221 e. The predicted octanol–water partition coefficient (Wildman–Crippen LogP) is 3.91. The van der Waals surface area contributed by atoms with Crippen LogP contribution in [0.1, 0.15) is 37.4 Å². The molecule has 0 aliphatic rings. The molecule has 2 N–H and O–H groups in total. The number of amides is 1. The SMILES string of the molecule is CCOCCNC(=O)C[C@@H](Cc1cc(F)c(F)cc1F)N[C@H](C)c1ccccc1. The molecule has 0 aliphatic carbocycles. The molecule has 2 atom stereocenters. The number of hydrogen-bond acceptors (Lipinski definition) is 3. The van der Waals surface area contributed by atoms with Crippen molar-refractivity contribution in [3.05, 3.63) is 71.0 Å². The Bertz CT molecular complexity index is 787. The monoisotopic (exact) mass is 408 g/mol. The highest BCUT2D eigenvalue weighted by molar-refractivity contribution is 5.76. The summed E-state index contributed by atoms with van der Waals surface area (Å²) >= 11 is 0. The maximum atomic E-state index is 14.1. The fourth-order valence-electron chi connectivity index (χ4n) is 3.07. The number of hydrogen-bond donors (Lipinski definition) is 2. The van der Waals surface area contributed by atoms with Crippen molar-refractivity contribution in [1.82, 2.24) is 10.6 Å². The standard InChI is InChI=1S/C22H27F3N2O2/c1-3-29-10-9-26-22(28)13-18(27-15(2)16-7-5-4-6-8-16)11-17-12-20(24)21(25)14-19(17)23/h4-8,12,14-15,18,27H,3,9-11,13H2,1-2H3,(H,26,28)/t15-,18-/m1/s1. The van der Waals surface area contributed by atoms with Gasteiger partial charge in [-0.15, -0.1) is 0 Å². The minimum atomic E-state index is -1.23. The molecule has 1 amide bonds. The molecule has 0 spiro atoms. The molecule has 0 saturated heterocycles. The third kappa shape index (κ3) is 7.51. The maximum Gasteiger partial charge on any atom is 0.221 e. The average Bonchev–Trinajstić information content (AvgIpc) is 2.70. The van der Waals surface area contributed by atoms with Crippen LogP contribution >= 0.6 is 0 Å². The van der Waals surface area contributed by atoms with Crippen LogP contribution in [0.15, 0.2) is 42.5 Å². The summed E-state index contributed by atoms with van der Waals surface area (Å²) in [6, 6.07) is 10.4. The van der Waals surface area contributed by atoms with Crippen LogP contribution < -0.4 is 10.6 Å². The van der Waals surface area contributed by atoms with Crippen molar-refractivity contribution in [2.75, 3.05) is 19.8 Å². The van der Waals surface area contributed by atoms with Gasteiger partial charge in [0, 0.05) is 37.7 Å². The Morgan fingerprint density at radius 2 is 1.76 bits per heavy atom. The van der Waals surface area contributed by atoms with E-state index in [0.29, 0.717) is 25.8 Å². The molecule has 0 aromatic heterocycles. The van der Waals surface area contributed by atoms with E-state index in [0.717, 1.165) is 11.6 Å². The minimum absolute atomic E-state index is 0.0174. The first-order valence-corrected chi connectivity index (χ1v) is 9.69. The largest absolute Gasteiger partial charge is 0.380 e. The molecular weight excluding hydrogens is 381 g/mol. The van der Waals surface area contributed by atoms with E-state index in [4.69, 9.17) is 4.74 Å². The van der Waals surface area contributed by atoms with Gasteiger partial charge in [0.15, 0.2) is 11.6 Å². The van der Waals surface area contributed by atoms with Gasteiger partial charge in [0.05, 0.1) is 6.61 Å². The summed E-state index contributed by atoms with van der Waals surface area (Å²) in [6.45, 7) is 5.12. The van der Waals surface area contributed by atoms with Crippen LogP contribution in [0.5, 0.6) is 0 Å². The molecule has 7 heteroatoms. The number of ether oxygens (including phenoxy) is 1. The third-order valence-corrected chi connectivity index (χ3v) is 4.55. The first kappa shape index (κ1) is 22.9. The summed E-state index contributed by atoms with van der Waals surface area (Å²) in [5, 5.41) is 6.05. The highest BCUT2D eigenvalue weighted by Gasteiger charge is 2.20. The molecule has 2 rings (SSSR count). The zero-order valence-corrected chi connectivity index (χ0v) is 16.7. The number of carbonyl (C=O) groups excluding carboxylic acids is 1. The van der Waals surface area contributed by atoms with Gasteiger partial charge in [-0.3, -0.25) is 4.79 Å². The molecule has 158 valence electrons. The van der Waals surface area contributed by atoms with Crippen LogP contribution in [-0.4, -0.2) is 31.7 Å². The fourth-order valence-corrected chi connectivity index (χ4v) is 3.07. The predicted molar refractivity (Wildman–Crippen MR) is 106 cm³/mol. The second-order valence-corrected chi connectivity index (χ2v) is 6.81. The van der Waals surface area contributed by atoms with E-state index >= 15 is 0 Å². The summed E-state index contributed by atoms with van der Waals surface area (Å²) in [5.74, 6) is -3.41. The average molecular weight is 408 g/mol. The Hall–Kier alpha value is -2.38. The molecule has 29 heavy (non-hydrogen) atoms. The van der Waals surface area contributed by atoms with Crippen LogP contribution in [0, 0.1) is 17.5 Å². The Morgan fingerprint density at radius 3 is 2.45 bits per heavy atom. The number of carbonyl (C=O) groups is 1. The number of halogens is 3. The van der Waals surface area contributed by atoms with E-state index in [1.807, 2.05) is 44.2 Å². The van der Waals surface area contributed by atoms with Gasteiger partial charge in [-0.2, -0.15) is 0 Å². The highest BCUT2D eigenvalue weighted by atomic mass is 19.2. The summed E-state index contributed by atoms with van der Waals surface area (Å²) < 4.78 is 46.1. The van der Waals surface area contributed by atoms with E-state index in [1.54, 1.807) is 0 Å². The second-order valence-electron chi connectivity index (χ2n) is 6.81. The van der Waals surface area contributed by atoms with Crippen LogP contribution in [0.4, 0.5) is 13.2 Å². The molecule has 0 bridgehead atoms. The highest BCUT2D eigenvalue weighted by Crippen LogP contribution is 2.19. The van der Waals surface area contributed by atoms with E-state index in [-0.39, 0.29) is 30.4 Å². The normalized spacial score (nSPS) is 13.1. The van der Waals surface area contributed by atoms with E-state index in [1.165, 1.54) is 0 Å². The van der Waals surface area contributed by atoms with Gasteiger partial charge in [-0.1, -0.05) is 30.3 Å². The molecular formula is C22H27F3N2O2. The van der Waals surface area contributed by atoms with Gasteiger partial charge in [0.25, 0.3) is 0 Å². The van der Waals surface area contributed by atoms with Crippen LogP contribution in [-0.2, 0) is 16.0 Å². The van der Waals surface area contributed by atoms with Crippen LogP contribution in [0.2, 0.25) is 0 Å². The van der Waals surface area contributed by atoms with E-state index in [2.05, 4.69) is 10.6 Å². The summed E-state index contributed by atoms with van der Waals surface area (Å²) in [5.41, 5.74) is 1.02.